The third kappa shape index (κ3) is 3.13. The van der Waals surface area contributed by atoms with Crippen LogP contribution in [0.1, 0.15) is 72.6 Å². The number of nitrogens with zero attached hydrogens (tertiary/aromatic N) is 1. The molecule has 1 heterocycles. The van der Waals surface area contributed by atoms with Crippen molar-refractivity contribution in [3.8, 4) is 0 Å². The molecule has 0 bridgehead atoms. The van der Waals surface area contributed by atoms with Crippen molar-refractivity contribution in [1.82, 2.24) is 4.98 Å². The second kappa shape index (κ2) is 7.14. The molecule has 0 unspecified atom stereocenters. The Kier molecular flexibility index (Phi) is 4.76. The summed E-state index contributed by atoms with van der Waals surface area (Å²) in [6.07, 6.45) is 5.62. The second-order valence-electron chi connectivity index (χ2n) is 10.3. The van der Waals surface area contributed by atoms with Gasteiger partial charge in [0.2, 0.25) is 0 Å². The maximum Gasteiger partial charge on any atom is 0.255 e. The Balaban J connectivity index is 1.42. The topological polar surface area (TPSA) is 82.5 Å². The van der Waals surface area contributed by atoms with Crippen LogP contribution in [0.15, 0.2) is 36.5 Å². The van der Waals surface area contributed by atoms with E-state index in [1.165, 1.54) is 11.1 Å². The average Bonchev–Trinajstić information content (AvgIpc) is 2.97. The molecule has 1 aromatic carbocycles. The van der Waals surface area contributed by atoms with Crippen molar-refractivity contribution in [2.75, 3.05) is 5.32 Å². The molecule has 5 nitrogen and oxygen atoms in total. The first-order valence-corrected chi connectivity index (χ1v) is 11.5. The van der Waals surface area contributed by atoms with E-state index in [1.807, 2.05) is 38.1 Å². The molecule has 3 aliphatic carbocycles. The number of aromatic nitrogens is 1. The minimum absolute atomic E-state index is 0.0911. The van der Waals surface area contributed by atoms with Crippen LogP contribution in [0, 0.1) is 24.2 Å². The zero-order chi connectivity index (χ0) is 22.0. The number of amides is 1. The molecule has 2 aromatic rings. The Morgan fingerprint density at radius 2 is 2.03 bits per heavy atom. The average molecular weight is 421 g/mol. The summed E-state index contributed by atoms with van der Waals surface area (Å²) in [5.74, 6) is 0.770. The molecule has 1 amide bonds. The molecule has 0 radical (unpaired) electrons. The van der Waals surface area contributed by atoms with Gasteiger partial charge >= 0.3 is 0 Å². The largest absolute Gasteiger partial charge is 0.392 e. The van der Waals surface area contributed by atoms with Crippen molar-refractivity contribution in [3.63, 3.8) is 0 Å². The lowest BCUT2D eigenvalue weighted by Crippen LogP contribution is -2.53. The van der Waals surface area contributed by atoms with Crippen molar-refractivity contribution in [2.24, 2.45) is 17.3 Å². The van der Waals surface area contributed by atoms with Gasteiger partial charge in [-0.05, 0) is 93.2 Å². The third-order valence-electron chi connectivity index (χ3n) is 8.78. The fraction of sp³-hybridized carbons (Fsp3) is 0.538. The molecule has 0 spiro atoms. The number of fused-ring (bicyclic) bond motifs is 5. The molecule has 5 rings (SSSR count). The summed E-state index contributed by atoms with van der Waals surface area (Å²) in [6.45, 7) is 6.00. The number of rotatable bonds is 2. The van der Waals surface area contributed by atoms with E-state index < -0.39 is 11.7 Å². The number of hydrogen-bond acceptors (Lipinski definition) is 4. The van der Waals surface area contributed by atoms with Crippen molar-refractivity contribution in [2.45, 2.75) is 70.5 Å². The zero-order valence-electron chi connectivity index (χ0n) is 18.6. The van der Waals surface area contributed by atoms with Gasteiger partial charge in [0.1, 0.15) is 0 Å². The summed E-state index contributed by atoms with van der Waals surface area (Å²) in [7, 11) is 0. The third-order valence-corrected chi connectivity index (χ3v) is 8.78. The predicted molar refractivity (Wildman–Crippen MR) is 120 cm³/mol. The molecule has 31 heavy (non-hydrogen) atoms. The van der Waals surface area contributed by atoms with Crippen LogP contribution in [0.4, 0.5) is 5.69 Å². The van der Waals surface area contributed by atoms with Crippen molar-refractivity contribution in [1.29, 1.82) is 0 Å². The van der Waals surface area contributed by atoms with E-state index in [9.17, 15) is 15.0 Å². The van der Waals surface area contributed by atoms with E-state index in [-0.39, 0.29) is 17.2 Å². The van der Waals surface area contributed by atoms with Gasteiger partial charge in [0.05, 0.1) is 23.1 Å². The lowest BCUT2D eigenvalue weighted by molar-refractivity contribution is -0.125. The van der Waals surface area contributed by atoms with Gasteiger partial charge in [0.15, 0.2) is 0 Å². The van der Waals surface area contributed by atoms with Gasteiger partial charge in [-0.3, -0.25) is 9.78 Å². The zero-order valence-corrected chi connectivity index (χ0v) is 18.6. The van der Waals surface area contributed by atoms with Crippen molar-refractivity contribution >= 4 is 11.6 Å². The first-order chi connectivity index (χ1) is 14.7. The molecule has 3 N–H and O–H groups in total. The van der Waals surface area contributed by atoms with E-state index in [2.05, 4.69) is 23.3 Å². The lowest BCUT2D eigenvalue weighted by atomic mass is 9.52. The highest BCUT2D eigenvalue weighted by Crippen LogP contribution is 2.64. The Hall–Kier alpha value is -2.24. The van der Waals surface area contributed by atoms with E-state index in [1.54, 1.807) is 6.20 Å². The summed E-state index contributed by atoms with van der Waals surface area (Å²) in [5, 5.41) is 25.2. The fourth-order valence-electron chi connectivity index (χ4n) is 6.84. The van der Waals surface area contributed by atoms with Gasteiger partial charge < -0.3 is 15.5 Å². The number of aliphatic hydroxyl groups is 2. The van der Waals surface area contributed by atoms with Crippen LogP contribution in [0.5, 0.6) is 0 Å². The molecule has 0 saturated heterocycles. The molecule has 1 aromatic heterocycles. The monoisotopic (exact) mass is 420 g/mol. The SMILES string of the molecule is Cc1ncccc1NC(=O)c1ccc2c(c1)CC[C@@H]1[C@@H]2[C@@H](O)C[C@@]2(C)[C@H]1CC[C@]2(C)O. The number of anilines is 1. The van der Waals surface area contributed by atoms with E-state index in [0.29, 0.717) is 23.8 Å². The van der Waals surface area contributed by atoms with E-state index in [4.69, 9.17) is 0 Å². The molecule has 0 aliphatic heterocycles. The van der Waals surface area contributed by atoms with Gasteiger partial charge in [-0.1, -0.05) is 13.0 Å². The Bertz CT molecular complexity index is 1030. The van der Waals surface area contributed by atoms with Gasteiger partial charge in [0.25, 0.3) is 5.91 Å². The summed E-state index contributed by atoms with van der Waals surface area (Å²) in [6, 6.07) is 9.60. The summed E-state index contributed by atoms with van der Waals surface area (Å²) >= 11 is 0. The quantitative estimate of drug-likeness (QED) is 0.679. The second-order valence-corrected chi connectivity index (χ2v) is 10.3. The lowest BCUT2D eigenvalue weighted by Gasteiger charge is -2.54. The molecule has 2 fully saturated rings. The van der Waals surface area contributed by atoms with Crippen LogP contribution in [0.3, 0.4) is 0 Å². The number of benzene rings is 1. The number of nitrogens with one attached hydrogen (secondary N) is 1. The number of hydrogen-bond donors (Lipinski definition) is 3. The Morgan fingerprint density at radius 1 is 1.23 bits per heavy atom. The maximum absolute atomic E-state index is 12.8. The number of aryl methyl sites for hydroxylation is 2. The standard InChI is InChI=1S/C26H32N2O3/c1-15-21(5-4-12-27-15)28-24(30)17-7-8-18-16(13-17)6-9-19-20-10-11-26(3,31)25(20,2)14-22(29)23(18)19/h4-5,7-8,12-13,19-20,22-23,29,31H,6,9-11,14H2,1-3H3,(H,28,30)/t19-,20-,22-,23+,25-,26-/m0/s1. The first-order valence-electron chi connectivity index (χ1n) is 11.5. The van der Waals surface area contributed by atoms with Gasteiger partial charge in [-0.15, -0.1) is 0 Å². The molecule has 2 saturated carbocycles. The minimum Gasteiger partial charge on any atom is -0.392 e. The maximum atomic E-state index is 12.8. The highest BCUT2D eigenvalue weighted by molar-refractivity contribution is 6.04. The highest BCUT2D eigenvalue weighted by Gasteiger charge is 2.61. The molecule has 5 heteroatoms. The van der Waals surface area contributed by atoms with Gasteiger partial charge in [0, 0.05) is 23.1 Å². The summed E-state index contributed by atoms with van der Waals surface area (Å²) in [4.78, 5) is 17.1. The molecule has 3 aliphatic rings. The van der Waals surface area contributed by atoms with Crippen LogP contribution in [-0.2, 0) is 6.42 Å². The number of aliphatic hydroxyl groups excluding tert-OH is 1. The number of carbonyl (C=O) groups excluding carboxylic acids is 1. The van der Waals surface area contributed by atoms with Crippen molar-refractivity contribution < 1.29 is 15.0 Å². The van der Waals surface area contributed by atoms with E-state index >= 15 is 0 Å². The fourth-order valence-corrected chi connectivity index (χ4v) is 6.84. The molecule has 6 atom stereocenters. The van der Waals surface area contributed by atoms with Crippen LogP contribution in [0.2, 0.25) is 0 Å². The van der Waals surface area contributed by atoms with Crippen LogP contribution >= 0.6 is 0 Å². The van der Waals surface area contributed by atoms with E-state index in [0.717, 1.165) is 37.1 Å². The van der Waals surface area contributed by atoms with Crippen LogP contribution < -0.4 is 5.32 Å². The Morgan fingerprint density at radius 3 is 2.81 bits per heavy atom. The highest BCUT2D eigenvalue weighted by atomic mass is 16.3. The van der Waals surface area contributed by atoms with Crippen molar-refractivity contribution in [3.05, 3.63) is 58.9 Å². The molecule has 164 valence electrons. The molecular formula is C26H32N2O3. The number of carbonyl (C=O) groups is 1. The smallest absolute Gasteiger partial charge is 0.255 e. The Labute approximate surface area is 183 Å². The minimum atomic E-state index is -0.712. The van der Waals surface area contributed by atoms with Crippen LogP contribution in [-0.4, -0.2) is 32.8 Å². The normalized spacial score (nSPS) is 36.3. The summed E-state index contributed by atoms with van der Waals surface area (Å²) in [5.41, 5.74) is 3.57. The van der Waals surface area contributed by atoms with Crippen LogP contribution in [0.25, 0.3) is 0 Å². The molecular weight excluding hydrogens is 388 g/mol. The van der Waals surface area contributed by atoms with Gasteiger partial charge in [-0.2, -0.15) is 0 Å². The predicted octanol–water partition coefficient (Wildman–Crippen LogP) is 4.22. The summed E-state index contributed by atoms with van der Waals surface area (Å²) < 4.78 is 0. The van der Waals surface area contributed by atoms with Gasteiger partial charge in [-0.25, -0.2) is 0 Å². The first kappa shape index (κ1) is 20.7. The number of pyridine rings is 1.